The van der Waals surface area contributed by atoms with E-state index in [1.807, 2.05) is 18.2 Å². The van der Waals surface area contributed by atoms with Crippen molar-refractivity contribution in [1.29, 1.82) is 0 Å². The Kier molecular flexibility index (Phi) is 7.46. The summed E-state index contributed by atoms with van der Waals surface area (Å²) in [7, 11) is 1.43. The molecule has 1 fully saturated rings. The van der Waals surface area contributed by atoms with Gasteiger partial charge in [-0.2, -0.15) is 0 Å². The smallest absolute Gasteiger partial charge is 0.261 e. The van der Waals surface area contributed by atoms with Crippen molar-refractivity contribution < 1.29 is 9.53 Å². The van der Waals surface area contributed by atoms with E-state index in [0.29, 0.717) is 10.0 Å². The highest BCUT2D eigenvalue weighted by atomic mass is 35.5. The molecule has 1 aliphatic rings. The summed E-state index contributed by atoms with van der Waals surface area (Å²) in [5.41, 5.74) is 1.81. The van der Waals surface area contributed by atoms with E-state index in [-0.39, 0.29) is 21.4 Å². The second-order valence-corrected chi connectivity index (χ2v) is 8.22. The normalized spacial score (nSPS) is 13.7. The number of nitrogens with zero attached hydrogens (tertiary/aromatic N) is 1. The zero-order valence-electron chi connectivity index (χ0n) is 15.7. The highest BCUT2D eigenvalue weighted by Gasteiger charge is 2.20. The molecule has 0 aliphatic carbocycles. The first kappa shape index (κ1) is 22.0. The van der Waals surface area contributed by atoms with E-state index >= 15 is 0 Å². The average Bonchev–Trinajstić information content (AvgIpc) is 2.68. The number of methoxy groups -OCH3 is 1. The number of nitrogens with one attached hydrogen (secondary N) is 2. The summed E-state index contributed by atoms with van der Waals surface area (Å²) < 4.78 is 5.23. The van der Waals surface area contributed by atoms with Gasteiger partial charge in [0.2, 0.25) is 0 Å². The first-order valence-electron chi connectivity index (χ1n) is 9.09. The van der Waals surface area contributed by atoms with Gasteiger partial charge in [-0.25, -0.2) is 0 Å². The van der Waals surface area contributed by atoms with Crippen LogP contribution in [0.3, 0.4) is 0 Å². The van der Waals surface area contributed by atoms with Crippen molar-refractivity contribution >= 4 is 69.4 Å². The van der Waals surface area contributed by atoms with E-state index in [2.05, 4.69) is 15.5 Å². The number of anilines is 2. The molecule has 0 radical (unpaired) electrons. The molecule has 9 heteroatoms. The zero-order valence-corrected chi connectivity index (χ0v) is 18.8. The molecular weight excluding hydrogens is 453 g/mol. The van der Waals surface area contributed by atoms with Gasteiger partial charge in [0.25, 0.3) is 5.91 Å². The quantitative estimate of drug-likeness (QED) is 0.553. The Morgan fingerprint density at radius 1 is 1.10 bits per heavy atom. The second kappa shape index (κ2) is 9.85. The summed E-state index contributed by atoms with van der Waals surface area (Å²) in [6.45, 7) is 1.85. The minimum absolute atomic E-state index is 0.133. The summed E-state index contributed by atoms with van der Waals surface area (Å²) in [4.78, 5) is 14.9. The molecule has 0 saturated carbocycles. The number of hydrogen-bond acceptors (Lipinski definition) is 4. The number of carbonyl (C=O) groups is 1. The Balaban J connectivity index is 1.78. The molecule has 29 heavy (non-hydrogen) atoms. The number of amides is 1. The molecule has 5 nitrogen and oxygen atoms in total. The van der Waals surface area contributed by atoms with Crippen molar-refractivity contribution in [2.45, 2.75) is 19.3 Å². The van der Waals surface area contributed by atoms with Crippen LogP contribution in [-0.4, -0.2) is 31.2 Å². The first-order chi connectivity index (χ1) is 13.9. The number of ether oxygens (including phenoxy) is 1. The van der Waals surface area contributed by atoms with Crippen LogP contribution in [0.4, 0.5) is 11.4 Å². The number of rotatable bonds is 4. The van der Waals surface area contributed by atoms with Crippen LogP contribution in [0.5, 0.6) is 5.75 Å². The molecule has 1 amide bonds. The number of thiocarbonyl (C=S) groups is 1. The number of halogens is 3. The SMILES string of the molecule is COc1c(Cl)cc(Cl)cc1C(=O)NC(=S)Nc1cccc(Cl)c1N1CCCCC1. The predicted octanol–water partition coefficient (Wildman–Crippen LogP) is 5.77. The molecule has 2 aromatic rings. The third kappa shape index (κ3) is 5.25. The van der Waals surface area contributed by atoms with Crippen molar-refractivity contribution in [3.63, 3.8) is 0 Å². The maximum atomic E-state index is 12.7. The lowest BCUT2D eigenvalue weighted by molar-refractivity contribution is 0.0975. The molecule has 2 N–H and O–H groups in total. The van der Waals surface area contributed by atoms with E-state index in [1.165, 1.54) is 25.7 Å². The van der Waals surface area contributed by atoms with Crippen LogP contribution in [0.15, 0.2) is 30.3 Å². The monoisotopic (exact) mass is 471 g/mol. The van der Waals surface area contributed by atoms with Gasteiger partial charge in [-0.3, -0.25) is 10.1 Å². The van der Waals surface area contributed by atoms with Crippen molar-refractivity contribution in [2.75, 3.05) is 30.4 Å². The van der Waals surface area contributed by atoms with Gasteiger partial charge in [-0.1, -0.05) is 40.9 Å². The van der Waals surface area contributed by atoms with Crippen LogP contribution >= 0.6 is 47.0 Å². The number of benzene rings is 2. The van der Waals surface area contributed by atoms with Gasteiger partial charge in [0.15, 0.2) is 5.11 Å². The van der Waals surface area contributed by atoms with Crippen LogP contribution < -0.4 is 20.3 Å². The van der Waals surface area contributed by atoms with Crippen LogP contribution in [0.25, 0.3) is 0 Å². The molecule has 1 aliphatic heterocycles. The lowest BCUT2D eigenvalue weighted by Gasteiger charge is -2.31. The number of para-hydroxylation sites is 1. The fourth-order valence-electron chi connectivity index (χ4n) is 3.32. The lowest BCUT2D eigenvalue weighted by atomic mass is 10.1. The van der Waals surface area contributed by atoms with E-state index < -0.39 is 5.91 Å². The Hall–Kier alpha value is -1.73. The topological polar surface area (TPSA) is 53.6 Å². The van der Waals surface area contributed by atoms with Gasteiger partial charge >= 0.3 is 0 Å². The Labute approximate surface area is 190 Å². The van der Waals surface area contributed by atoms with Crippen molar-refractivity contribution in [3.05, 3.63) is 51.0 Å². The number of carbonyl (C=O) groups excluding carboxylic acids is 1. The third-order valence-electron chi connectivity index (χ3n) is 4.59. The van der Waals surface area contributed by atoms with Crippen molar-refractivity contribution in [2.24, 2.45) is 0 Å². The summed E-state index contributed by atoms with van der Waals surface area (Å²) in [6.07, 6.45) is 3.44. The Bertz CT molecular complexity index is 933. The van der Waals surface area contributed by atoms with Crippen molar-refractivity contribution in [1.82, 2.24) is 5.32 Å². The van der Waals surface area contributed by atoms with Crippen LogP contribution in [-0.2, 0) is 0 Å². The summed E-state index contributed by atoms with van der Waals surface area (Å²) >= 11 is 24.0. The molecule has 1 saturated heterocycles. The van der Waals surface area contributed by atoms with Crippen LogP contribution in [0.2, 0.25) is 15.1 Å². The van der Waals surface area contributed by atoms with Gasteiger partial charge in [-0.05, 0) is 55.7 Å². The highest BCUT2D eigenvalue weighted by molar-refractivity contribution is 7.80. The standard InChI is InChI=1S/C20H20Cl3N3O2S/c1-28-18-13(10-12(21)11-15(18)23)19(27)25-20(29)24-16-7-5-6-14(22)17(16)26-8-3-2-4-9-26/h5-7,10-11H,2-4,8-9H2,1H3,(H2,24,25,27,29). The second-order valence-electron chi connectivity index (χ2n) is 6.56. The molecule has 0 spiro atoms. The minimum atomic E-state index is -0.481. The summed E-state index contributed by atoms with van der Waals surface area (Å²) in [5, 5.41) is 7.06. The van der Waals surface area contributed by atoms with Gasteiger partial charge in [0.05, 0.1) is 34.1 Å². The maximum absolute atomic E-state index is 12.7. The Morgan fingerprint density at radius 2 is 1.83 bits per heavy atom. The molecular formula is C20H20Cl3N3O2S. The third-order valence-corrected chi connectivity index (χ3v) is 5.60. The molecule has 0 atom stereocenters. The largest absolute Gasteiger partial charge is 0.494 e. The zero-order chi connectivity index (χ0) is 21.0. The summed E-state index contributed by atoms with van der Waals surface area (Å²) in [6, 6.07) is 8.54. The fraction of sp³-hybridized carbons (Fsp3) is 0.300. The van der Waals surface area contributed by atoms with E-state index in [4.69, 9.17) is 51.8 Å². The molecule has 1 heterocycles. The average molecular weight is 473 g/mol. The fourth-order valence-corrected chi connectivity index (χ4v) is 4.38. The molecule has 3 rings (SSSR count). The summed E-state index contributed by atoms with van der Waals surface area (Å²) in [5.74, 6) is -0.251. The maximum Gasteiger partial charge on any atom is 0.261 e. The highest BCUT2D eigenvalue weighted by Crippen LogP contribution is 2.36. The van der Waals surface area contributed by atoms with E-state index in [9.17, 15) is 4.79 Å². The molecule has 0 unspecified atom stereocenters. The Morgan fingerprint density at radius 3 is 2.52 bits per heavy atom. The number of piperidine rings is 1. The molecule has 0 bridgehead atoms. The molecule has 0 aromatic heterocycles. The van der Waals surface area contributed by atoms with E-state index in [1.54, 1.807) is 0 Å². The number of hydrogen-bond donors (Lipinski definition) is 2. The first-order valence-corrected chi connectivity index (χ1v) is 10.6. The van der Waals surface area contributed by atoms with E-state index in [0.717, 1.165) is 37.3 Å². The molecule has 154 valence electrons. The van der Waals surface area contributed by atoms with Crippen LogP contribution in [0.1, 0.15) is 29.6 Å². The predicted molar refractivity (Wildman–Crippen MR) is 124 cm³/mol. The van der Waals surface area contributed by atoms with Gasteiger partial charge < -0.3 is 15.0 Å². The van der Waals surface area contributed by atoms with Gasteiger partial charge in [0, 0.05) is 18.1 Å². The molecule has 2 aromatic carbocycles. The van der Waals surface area contributed by atoms with Gasteiger partial charge in [-0.15, -0.1) is 0 Å². The van der Waals surface area contributed by atoms with Gasteiger partial charge in [0.1, 0.15) is 5.75 Å². The van der Waals surface area contributed by atoms with Crippen LogP contribution in [0, 0.1) is 0 Å². The van der Waals surface area contributed by atoms with Crippen molar-refractivity contribution in [3.8, 4) is 5.75 Å². The minimum Gasteiger partial charge on any atom is -0.494 e. The lowest BCUT2D eigenvalue weighted by Crippen LogP contribution is -2.35.